The van der Waals surface area contributed by atoms with Crippen molar-refractivity contribution in [3.05, 3.63) is 146 Å². The second-order valence-corrected chi connectivity index (χ2v) is 9.43. The van der Waals surface area contributed by atoms with Crippen LogP contribution in [0.25, 0.3) is 39.0 Å². The molecule has 196 valence electrons. The topological polar surface area (TPSA) is 62.1 Å². The first-order valence-corrected chi connectivity index (χ1v) is 13.3. The molecule has 0 saturated carbocycles. The Morgan fingerprint density at radius 1 is 0.415 bits per heavy atom. The summed E-state index contributed by atoms with van der Waals surface area (Å²) in [5.74, 6) is 3.14. The fraction of sp³-hybridized carbons (Fsp3) is 0. The quantitative estimate of drug-likeness (QED) is 0.205. The van der Waals surface area contributed by atoms with Crippen molar-refractivity contribution in [1.29, 1.82) is 0 Å². The lowest BCUT2D eigenvalue weighted by Crippen LogP contribution is -1.98. The third kappa shape index (κ3) is 5.14. The van der Waals surface area contributed by atoms with Gasteiger partial charge in [0.05, 0.1) is 5.69 Å². The van der Waals surface area contributed by atoms with E-state index in [1.807, 2.05) is 121 Å². The monoisotopic (exact) mass is 532 g/mol. The Bertz CT molecular complexity index is 1780. The first-order valence-electron chi connectivity index (χ1n) is 13.3. The highest BCUT2D eigenvalue weighted by atomic mass is 16.5. The predicted octanol–water partition coefficient (Wildman–Crippen LogP) is 8.73. The summed E-state index contributed by atoms with van der Waals surface area (Å²) in [4.78, 5) is 5.80. The van der Waals surface area contributed by atoms with Crippen molar-refractivity contribution in [2.75, 3.05) is 0 Å². The van der Waals surface area contributed by atoms with Gasteiger partial charge in [0.1, 0.15) is 34.0 Å². The van der Waals surface area contributed by atoms with E-state index in [0.717, 1.165) is 62.0 Å². The Morgan fingerprint density at radius 3 is 1.27 bits per heavy atom. The van der Waals surface area contributed by atoms with E-state index in [2.05, 4.69) is 17.1 Å². The molecular formula is C35H24N4O2. The molecule has 7 rings (SSSR count). The van der Waals surface area contributed by atoms with Gasteiger partial charge in [-0.2, -0.15) is 4.80 Å². The molecule has 6 nitrogen and oxygen atoms in total. The minimum Gasteiger partial charge on any atom is -0.457 e. The molecule has 0 unspecified atom stereocenters. The molecule has 0 saturated heterocycles. The maximum Gasteiger partial charge on any atom is 0.127 e. The van der Waals surface area contributed by atoms with E-state index in [-0.39, 0.29) is 0 Å². The summed E-state index contributed by atoms with van der Waals surface area (Å²) in [6.07, 6.45) is 3.48. The Labute approximate surface area is 237 Å². The normalized spacial score (nSPS) is 10.9. The van der Waals surface area contributed by atoms with Crippen LogP contribution in [0.5, 0.6) is 23.0 Å². The number of benzene rings is 5. The molecule has 0 amide bonds. The molecule has 2 aromatic heterocycles. The Hall–Kier alpha value is -5.75. The molecule has 0 N–H and O–H groups in total. The summed E-state index contributed by atoms with van der Waals surface area (Å²) in [5, 5.41) is 9.86. The SMILES string of the molecule is c1ccc(Oc2ccc(-c3ccc(-c4ccc(Oc5ccccc5)cc4)c4nn(-c5ccncc5)nc34)cc2)cc1. The van der Waals surface area contributed by atoms with Gasteiger partial charge in [-0.05, 0) is 71.8 Å². The highest BCUT2D eigenvalue weighted by Crippen LogP contribution is 2.36. The van der Waals surface area contributed by atoms with E-state index >= 15 is 0 Å². The van der Waals surface area contributed by atoms with E-state index in [9.17, 15) is 0 Å². The molecule has 41 heavy (non-hydrogen) atoms. The lowest BCUT2D eigenvalue weighted by molar-refractivity contribution is 0.482. The number of aromatic nitrogens is 4. The Kier molecular flexibility index (Phi) is 6.39. The average molecular weight is 533 g/mol. The first kappa shape index (κ1) is 24.3. The van der Waals surface area contributed by atoms with E-state index in [4.69, 9.17) is 19.7 Å². The van der Waals surface area contributed by atoms with Gasteiger partial charge in [0, 0.05) is 23.5 Å². The molecule has 5 aromatic carbocycles. The van der Waals surface area contributed by atoms with Crippen molar-refractivity contribution in [3.63, 3.8) is 0 Å². The van der Waals surface area contributed by atoms with Crippen LogP contribution in [0.3, 0.4) is 0 Å². The minimum atomic E-state index is 0.770. The number of hydrogen-bond donors (Lipinski definition) is 0. The largest absolute Gasteiger partial charge is 0.457 e. The first-order chi connectivity index (χ1) is 20.3. The molecule has 0 fully saturated rings. The zero-order valence-electron chi connectivity index (χ0n) is 22.0. The summed E-state index contributed by atoms with van der Waals surface area (Å²) >= 11 is 0. The van der Waals surface area contributed by atoms with Gasteiger partial charge >= 0.3 is 0 Å². The molecule has 6 heteroatoms. The van der Waals surface area contributed by atoms with Crippen LogP contribution in [0.1, 0.15) is 0 Å². The summed E-state index contributed by atoms with van der Waals surface area (Å²) < 4.78 is 12.0. The maximum absolute atomic E-state index is 5.99. The zero-order chi connectivity index (χ0) is 27.4. The highest BCUT2D eigenvalue weighted by molar-refractivity contribution is 6.00. The third-order valence-electron chi connectivity index (χ3n) is 6.72. The standard InChI is InChI=1S/C35H24N4O2/c1-3-7-28(8-4-1)40-30-15-11-25(12-16-30)32-19-20-33(35-34(32)37-39(38-35)27-21-23-36-24-22-27)26-13-17-31(18-14-26)41-29-9-5-2-6-10-29/h1-24H. The molecule has 0 spiro atoms. The molecule has 0 atom stereocenters. The summed E-state index contributed by atoms with van der Waals surface area (Å²) in [7, 11) is 0. The van der Waals surface area contributed by atoms with Gasteiger partial charge in [0.2, 0.25) is 0 Å². The van der Waals surface area contributed by atoms with E-state index in [0.29, 0.717) is 0 Å². The number of para-hydroxylation sites is 2. The number of pyridine rings is 1. The summed E-state index contributed by atoms with van der Waals surface area (Å²) in [5.41, 5.74) is 6.47. The number of fused-ring (bicyclic) bond motifs is 1. The molecule has 0 aliphatic heterocycles. The van der Waals surface area contributed by atoms with Crippen LogP contribution in [-0.4, -0.2) is 20.0 Å². The molecule has 7 aromatic rings. The van der Waals surface area contributed by atoms with Crippen molar-refractivity contribution in [2.24, 2.45) is 0 Å². The lowest BCUT2D eigenvalue weighted by Gasteiger charge is -2.10. The van der Waals surface area contributed by atoms with Gasteiger partial charge in [0.25, 0.3) is 0 Å². The third-order valence-corrected chi connectivity index (χ3v) is 6.72. The summed E-state index contributed by atoms with van der Waals surface area (Å²) in [6.45, 7) is 0. The van der Waals surface area contributed by atoms with Crippen molar-refractivity contribution < 1.29 is 9.47 Å². The minimum absolute atomic E-state index is 0.770. The number of ether oxygens (including phenoxy) is 2. The number of hydrogen-bond acceptors (Lipinski definition) is 5. The van der Waals surface area contributed by atoms with E-state index in [1.54, 1.807) is 17.2 Å². The Balaban J connectivity index is 1.26. The second-order valence-electron chi connectivity index (χ2n) is 9.43. The van der Waals surface area contributed by atoms with Gasteiger partial charge in [-0.25, -0.2) is 0 Å². The van der Waals surface area contributed by atoms with Crippen molar-refractivity contribution in [1.82, 2.24) is 20.0 Å². The van der Waals surface area contributed by atoms with Gasteiger partial charge in [-0.15, -0.1) is 10.2 Å². The van der Waals surface area contributed by atoms with Gasteiger partial charge < -0.3 is 9.47 Å². The fourth-order valence-electron chi connectivity index (χ4n) is 4.71. The van der Waals surface area contributed by atoms with Crippen LogP contribution in [-0.2, 0) is 0 Å². The van der Waals surface area contributed by atoms with Crippen LogP contribution in [0.2, 0.25) is 0 Å². The van der Waals surface area contributed by atoms with Crippen LogP contribution >= 0.6 is 0 Å². The molecule has 0 aliphatic rings. The predicted molar refractivity (Wildman–Crippen MR) is 161 cm³/mol. The number of nitrogens with zero attached hydrogens (tertiary/aromatic N) is 4. The van der Waals surface area contributed by atoms with Crippen LogP contribution < -0.4 is 9.47 Å². The second kappa shape index (κ2) is 10.8. The average Bonchev–Trinajstić information content (AvgIpc) is 3.49. The van der Waals surface area contributed by atoms with E-state index in [1.165, 1.54) is 0 Å². The smallest absolute Gasteiger partial charge is 0.127 e. The van der Waals surface area contributed by atoms with Crippen molar-refractivity contribution in [2.45, 2.75) is 0 Å². The molecule has 0 bridgehead atoms. The summed E-state index contributed by atoms with van der Waals surface area (Å²) in [6, 6.07) is 43.6. The van der Waals surface area contributed by atoms with E-state index < -0.39 is 0 Å². The molecule has 2 heterocycles. The van der Waals surface area contributed by atoms with Crippen molar-refractivity contribution in [3.8, 4) is 50.9 Å². The molecular weight excluding hydrogens is 508 g/mol. The molecule has 0 radical (unpaired) electrons. The zero-order valence-corrected chi connectivity index (χ0v) is 22.0. The van der Waals surface area contributed by atoms with Crippen LogP contribution in [0.4, 0.5) is 0 Å². The highest BCUT2D eigenvalue weighted by Gasteiger charge is 2.16. The van der Waals surface area contributed by atoms with Gasteiger partial charge in [0.15, 0.2) is 0 Å². The molecule has 0 aliphatic carbocycles. The van der Waals surface area contributed by atoms with Crippen LogP contribution in [0.15, 0.2) is 146 Å². The van der Waals surface area contributed by atoms with Crippen molar-refractivity contribution >= 4 is 11.0 Å². The fourth-order valence-corrected chi connectivity index (χ4v) is 4.71. The lowest BCUT2D eigenvalue weighted by atomic mass is 9.98. The Morgan fingerprint density at radius 2 is 0.829 bits per heavy atom. The van der Waals surface area contributed by atoms with Gasteiger partial charge in [-0.1, -0.05) is 72.8 Å². The maximum atomic E-state index is 5.99. The van der Waals surface area contributed by atoms with Gasteiger partial charge in [-0.3, -0.25) is 4.98 Å². The van der Waals surface area contributed by atoms with Crippen LogP contribution in [0, 0.1) is 0 Å². The number of rotatable bonds is 7.